The number of hydroxylamine groups is 1. The lowest BCUT2D eigenvalue weighted by Crippen LogP contribution is -2.63. The highest BCUT2D eigenvalue weighted by atomic mass is 32.1. The number of H-pyrrole nitrogens is 1. The average Bonchev–Trinajstić information content (AvgIpc) is 3.48. The topological polar surface area (TPSA) is 79.5 Å². The van der Waals surface area contributed by atoms with E-state index in [4.69, 9.17) is 0 Å². The van der Waals surface area contributed by atoms with Gasteiger partial charge in [-0.2, -0.15) is 13.2 Å². The fourth-order valence-corrected chi connectivity index (χ4v) is 5.69. The van der Waals surface area contributed by atoms with Gasteiger partial charge in [0.2, 0.25) is 5.00 Å². The first kappa shape index (κ1) is 21.4. The van der Waals surface area contributed by atoms with Gasteiger partial charge in [0.1, 0.15) is 11.5 Å². The molecule has 0 bridgehead atoms. The monoisotopic (exact) mass is 472 g/mol. The third-order valence-corrected chi connectivity index (χ3v) is 7.49. The summed E-state index contributed by atoms with van der Waals surface area (Å²) in [5.74, 6) is -2.51. The van der Waals surface area contributed by atoms with Gasteiger partial charge in [-0.3, -0.25) is 18.6 Å². The van der Waals surface area contributed by atoms with E-state index in [0.717, 1.165) is 16.4 Å². The highest BCUT2D eigenvalue weighted by molar-refractivity contribution is 7.10. The quantitative estimate of drug-likeness (QED) is 0.421. The molecular weight excluding hydrogens is 452 g/mol. The summed E-state index contributed by atoms with van der Waals surface area (Å²) in [7, 11) is 0. The SMILES string of the molecule is CCN(C(=O)C(F)(F)F)C1CN(c2cc3c(cc2F)Cc2c(s[nH]c2=O)[N+]3([O-])C2CC2)C1. The number of hydrogen-bond acceptors (Lipinski definition) is 5. The molecule has 1 aromatic carbocycles. The Balaban J connectivity index is 1.46. The maximum absolute atomic E-state index is 15.0. The van der Waals surface area contributed by atoms with E-state index in [2.05, 4.69) is 4.37 Å². The van der Waals surface area contributed by atoms with Crippen molar-refractivity contribution in [3.05, 3.63) is 44.6 Å². The largest absolute Gasteiger partial charge is 0.621 e. The van der Waals surface area contributed by atoms with Gasteiger partial charge >= 0.3 is 12.1 Å². The first-order valence-corrected chi connectivity index (χ1v) is 11.1. The van der Waals surface area contributed by atoms with Gasteiger partial charge in [-0.25, -0.2) is 4.39 Å². The van der Waals surface area contributed by atoms with E-state index in [0.29, 0.717) is 34.7 Å². The van der Waals surface area contributed by atoms with Crippen LogP contribution in [-0.2, 0) is 11.2 Å². The van der Waals surface area contributed by atoms with E-state index in [9.17, 15) is 32.4 Å². The number of halogens is 4. The molecule has 12 heteroatoms. The number of carbonyl (C=O) groups is 1. The molecule has 1 unspecified atom stereocenters. The van der Waals surface area contributed by atoms with Crippen LogP contribution in [0.4, 0.5) is 33.9 Å². The molecule has 1 saturated heterocycles. The number of amides is 1. The number of aromatic amines is 1. The number of carbonyl (C=O) groups excluding carboxylic acids is 1. The molecule has 32 heavy (non-hydrogen) atoms. The number of likely N-dealkylation sites (N-methyl/N-ethyl adjacent to an activating group) is 1. The molecule has 2 fully saturated rings. The fourth-order valence-electron chi connectivity index (χ4n) is 4.70. The van der Waals surface area contributed by atoms with Gasteiger partial charge in [0.15, 0.2) is 0 Å². The zero-order chi connectivity index (χ0) is 23.0. The minimum absolute atomic E-state index is 0.0381. The highest BCUT2D eigenvalue weighted by Gasteiger charge is 2.50. The average molecular weight is 472 g/mol. The molecule has 0 spiro atoms. The Hall–Kier alpha value is -2.44. The molecule has 1 saturated carbocycles. The first-order valence-electron chi connectivity index (χ1n) is 10.3. The number of rotatable bonds is 4. The summed E-state index contributed by atoms with van der Waals surface area (Å²) >= 11 is 1.01. The van der Waals surface area contributed by atoms with Crippen LogP contribution in [0.5, 0.6) is 0 Å². The Morgan fingerprint density at radius 3 is 2.62 bits per heavy atom. The van der Waals surface area contributed by atoms with Gasteiger partial charge in [-0.1, -0.05) is 0 Å². The van der Waals surface area contributed by atoms with Crippen LogP contribution in [-0.4, -0.2) is 53.1 Å². The predicted octanol–water partition coefficient (Wildman–Crippen LogP) is 3.38. The van der Waals surface area contributed by atoms with Crippen LogP contribution in [0.1, 0.15) is 30.9 Å². The number of alkyl halides is 3. The summed E-state index contributed by atoms with van der Waals surface area (Å²) in [5, 5.41) is 14.4. The molecule has 172 valence electrons. The lowest BCUT2D eigenvalue weighted by Gasteiger charge is -2.48. The maximum Gasteiger partial charge on any atom is 0.471 e. The summed E-state index contributed by atoms with van der Waals surface area (Å²) < 4.78 is 55.3. The second-order valence-electron chi connectivity index (χ2n) is 8.46. The van der Waals surface area contributed by atoms with Crippen LogP contribution in [0.2, 0.25) is 0 Å². The summed E-state index contributed by atoms with van der Waals surface area (Å²) in [6.45, 7) is 1.43. The number of quaternary nitrogens is 1. The predicted molar refractivity (Wildman–Crippen MR) is 111 cm³/mol. The normalized spacial score (nSPS) is 22.9. The molecule has 0 radical (unpaired) electrons. The minimum Gasteiger partial charge on any atom is -0.621 e. The van der Waals surface area contributed by atoms with E-state index < -0.39 is 28.6 Å². The molecule has 2 aromatic rings. The number of aromatic nitrogens is 1. The van der Waals surface area contributed by atoms with Crippen molar-refractivity contribution in [3.8, 4) is 0 Å². The molecule has 2 aliphatic heterocycles. The highest BCUT2D eigenvalue weighted by Crippen LogP contribution is 2.53. The number of fused-ring (bicyclic) bond motifs is 2. The Bertz CT molecular complexity index is 1150. The van der Waals surface area contributed by atoms with Crippen molar-refractivity contribution in [2.45, 2.75) is 44.4 Å². The summed E-state index contributed by atoms with van der Waals surface area (Å²) in [6.07, 6.45) is -3.43. The molecule has 3 aliphatic rings. The summed E-state index contributed by atoms with van der Waals surface area (Å²) in [5.41, 5.74) is 0.974. The van der Waals surface area contributed by atoms with Gasteiger partial charge in [0.25, 0.3) is 5.56 Å². The summed E-state index contributed by atoms with van der Waals surface area (Å²) in [4.78, 5) is 26.1. The Morgan fingerprint density at radius 2 is 2.03 bits per heavy atom. The van der Waals surface area contributed by atoms with Crippen LogP contribution >= 0.6 is 11.5 Å². The van der Waals surface area contributed by atoms with Crippen LogP contribution in [0, 0.1) is 11.0 Å². The van der Waals surface area contributed by atoms with Crippen molar-refractivity contribution < 1.29 is 22.4 Å². The Labute approximate surface area is 184 Å². The molecule has 1 aromatic heterocycles. The summed E-state index contributed by atoms with van der Waals surface area (Å²) in [6, 6.07) is 1.79. The lowest BCUT2D eigenvalue weighted by atomic mass is 9.97. The molecular formula is C20H20F4N4O3S. The number of nitrogens with zero attached hydrogens (tertiary/aromatic N) is 3. The Morgan fingerprint density at radius 1 is 1.34 bits per heavy atom. The molecule has 7 nitrogen and oxygen atoms in total. The van der Waals surface area contributed by atoms with Crippen LogP contribution in [0.15, 0.2) is 16.9 Å². The van der Waals surface area contributed by atoms with Crippen molar-refractivity contribution in [2.24, 2.45) is 0 Å². The number of anilines is 1. The van der Waals surface area contributed by atoms with Crippen LogP contribution < -0.4 is 15.1 Å². The second-order valence-corrected chi connectivity index (χ2v) is 9.26. The maximum atomic E-state index is 15.0. The van der Waals surface area contributed by atoms with E-state index in [1.165, 1.54) is 19.1 Å². The first-order chi connectivity index (χ1) is 15.1. The third-order valence-electron chi connectivity index (χ3n) is 6.50. The smallest absolute Gasteiger partial charge is 0.471 e. The molecule has 1 N–H and O–H groups in total. The van der Waals surface area contributed by atoms with E-state index in [1.807, 2.05) is 0 Å². The molecule has 1 aliphatic carbocycles. The number of hydrogen-bond donors (Lipinski definition) is 1. The molecule has 1 atom stereocenters. The zero-order valence-corrected chi connectivity index (χ0v) is 17.9. The standard InChI is InChI=1S/C20H20F4N4O3S/c1-2-27(19(30)20(22,23)24)11-8-26(9-11)15-7-16-10(6-14(15)21)5-13-17(29)25-32-18(13)28(16,31)12-3-4-12/h6-7,11-12H,2-5,8-9H2,1H3,(H,25,29). The van der Waals surface area contributed by atoms with Crippen molar-refractivity contribution in [2.75, 3.05) is 24.5 Å². The fraction of sp³-hybridized carbons (Fsp3) is 0.500. The van der Waals surface area contributed by atoms with Crippen LogP contribution in [0.3, 0.4) is 0 Å². The van der Waals surface area contributed by atoms with Gasteiger partial charge in [-0.15, -0.1) is 0 Å². The van der Waals surface area contributed by atoms with Gasteiger partial charge in [-0.05, 0) is 13.0 Å². The molecule has 5 rings (SSSR count). The van der Waals surface area contributed by atoms with Crippen molar-refractivity contribution in [3.63, 3.8) is 0 Å². The van der Waals surface area contributed by atoms with Crippen molar-refractivity contribution >= 4 is 33.8 Å². The van der Waals surface area contributed by atoms with Gasteiger partial charge < -0.3 is 15.0 Å². The van der Waals surface area contributed by atoms with Crippen molar-refractivity contribution in [1.29, 1.82) is 0 Å². The van der Waals surface area contributed by atoms with E-state index >= 15 is 0 Å². The zero-order valence-electron chi connectivity index (χ0n) is 17.0. The molecule has 3 heterocycles. The number of benzene rings is 1. The van der Waals surface area contributed by atoms with E-state index in [1.54, 1.807) is 4.90 Å². The van der Waals surface area contributed by atoms with Gasteiger partial charge in [0.05, 0.1) is 23.3 Å². The molecule has 1 amide bonds. The third kappa shape index (κ3) is 3.07. The van der Waals surface area contributed by atoms with Crippen molar-refractivity contribution in [1.82, 2.24) is 13.9 Å². The van der Waals surface area contributed by atoms with E-state index in [-0.39, 0.29) is 43.3 Å². The minimum atomic E-state index is -4.97. The van der Waals surface area contributed by atoms with Crippen LogP contribution in [0.25, 0.3) is 0 Å². The lowest BCUT2D eigenvalue weighted by molar-refractivity contribution is -0.188. The Kier molecular flexibility index (Phi) is 4.70. The second kappa shape index (κ2) is 7.03. The number of nitrogens with one attached hydrogen (secondary N) is 1. The van der Waals surface area contributed by atoms with Gasteiger partial charge in [0, 0.05) is 62.1 Å².